The van der Waals surface area contributed by atoms with E-state index in [1.807, 2.05) is 39.3 Å². The molecule has 0 bridgehead atoms. The molecule has 1 atom stereocenters. The Morgan fingerprint density at radius 3 is 2.24 bits per heavy atom. The standard InChI is InChI=1S/C21H27N3O/c1-23(2)19-13-9-16(10-14-19)15-24(3)21(25)22-20(18-11-12-18)17-7-5-4-6-8-17/h4-10,13-14,18,20H,11-12,15H2,1-3H3,(H,22,25). The number of hydrogen-bond acceptors (Lipinski definition) is 2. The molecule has 0 heterocycles. The highest BCUT2D eigenvalue weighted by molar-refractivity contribution is 5.74. The molecule has 0 aromatic heterocycles. The van der Waals surface area contributed by atoms with Crippen molar-refractivity contribution in [3.05, 3.63) is 65.7 Å². The number of benzene rings is 2. The molecule has 2 aromatic carbocycles. The number of nitrogens with one attached hydrogen (secondary N) is 1. The molecule has 0 aliphatic heterocycles. The summed E-state index contributed by atoms with van der Waals surface area (Å²) in [6, 6.07) is 18.7. The van der Waals surface area contributed by atoms with Gasteiger partial charge in [-0.25, -0.2) is 4.79 Å². The number of amides is 2. The molecule has 132 valence electrons. The number of hydrogen-bond donors (Lipinski definition) is 1. The lowest BCUT2D eigenvalue weighted by molar-refractivity contribution is 0.201. The zero-order chi connectivity index (χ0) is 17.8. The van der Waals surface area contributed by atoms with Gasteiger partial charge in [0.2, 0.25) is 0 Å². The maximum absolute atomic E-state index is 12.6. The van der Waals surface area contributed by atoms with Gasteiger partial charge in [0.05, 0.1) is 6.04 Å². The van der Waals surface area contributed by atoms with Crippen molar-refractivity contribution in [2.24, 2.45) is 5.92 Å². The maximum Gasteiger partial charge on any atom is 0.317 e. The molecule has 4 nitrogen and oxygen atoms in total. The van der Waals surface area contributed by atoms with Gasteiger partial charge in [-0.05, 0) is 42.0 Å². The van der Waals surface area contributed by atoms with Crippen LogP contribution in [0.3, 0.4) is 0 Å². The second-order valence-electron chi connectivity index (χ2n) is 7.09. The van der Waals surface area contributed by atoms with Crippen LogP contribution in [0.4, 0.5) is 10.5 Å². The van der Waals surface area contributed by atoms with Crippen molar-refractivity contribution in [3.8, 4) is 0 Å². The lowest BCUT2D eigenvalue weighted by atomic mass is 10.0. The topological polar surface area (TPSA) is 35.6 Å². The highest BCUT2D eigenvalue weighted by Gasteiger charge is 2.33. The molecule has 1 aliphatic rings. The lowest BCUT2D eigenvalue weighted by Crippen LogP contribution is -2.39. The van der Waals surface area contributed by atoms with E-state index in [1.165, 1.54) is 18.4 Å². The number of nitrogens with zero attached hydrogens (tertiary/aromatic N) is 2. The molecule has 4 heteroatoms. The average molecular weight is 337 g/mol. The Balaban J connectivity index is 1.61. The van der Waals surface area contributed by atoms with Crippen LogP contribution < -0.4 is 10.2 Å². The van der Waals surface area contributed by atoms with Crippen molar-refractivity contribution in [2.75, 3.05) is 26.0 Å². The number of carbonyl (C=O) groups excluding carboxylic acids is 1. The highest BCUT2D eigenvalue weighted by atomic mass is 16.2. The Hall–Kier alpha value is -2.49. The number of urea groups is 1. The van der Waals surface area contributed by atoms with Crippen LogP contribution in [-0.4, -0.2) is 32.1 Å². The average Bonchev–Trinajstić information content (AvgIpc) is 3.45. The summed E-state index contributed by atoms with van der Waals surface area (Å²) >= 11 is 0. The van der Waals surface area contributed by atoms with E-state index in [-0.39, 0.29) is 12.1 Å². The Morgan fingerprint density at radius 1 is 1.04 bits per heavy atom. The van der Waals surface area contributed by atoms with Crippen molar-refractivity contribution in [2.45, 2.75) is 25.4 Å². The largest absolute Gasteiger partial charge is 0.378 e. The zero-order valence-corrected chi connectivity index (χ0v) is 15.3. The molecular weight excluding hydrogens is 310 g/mol. The van der Waals surface area contributed by atoms with Gasteiger partial charge >= 0.3 is 6.03 Å². The lowest BCUT2D eigenvalue weighted by Gasteiger charge is -2.24. The van der Waals surface area contributed by atoms with Crippen LogP contribution >= 0.6 is 0 Å². The van der Waals surface area contributed by atoms with Gasteiger partial charge in [-0.15, -0.1) is 0 Å². The number of carbonyl (C=O) groups is 1. The van der Waals surface area contributed by atoms with Crippen LogP contribution in [0.15, 0.2) is 54.6 Å². The first kappa shape index (κ1) is 17.3. The van der Waals surface area contributed by atoms with E-state index in [1.54, 1.807) is 4.90 Å². The monoisotopic (exact) mass is 337 g/mol. The Morgan fingerprint density at radius 2 is 1.68 bits per heavy atom. The molecule has 1 saturated carbocycles. The first-order chi connectivity index (χ1) is 12.0. The first-order valence-corrected chi connectivity index (χ1v) is 8.87. The van der Waals surface area contributed by atoms with E-state index in [2.05, 4.69) is 46.6 Å². The van der Waals surface area contributed by atoms with Gasteiger partial charge in [0.25, 0.3) is 0 Å². The predicted octanol–water partition coefficient (Wildman–Crippen LogP) is 4.05. The van der Waals surface area contributed by atoms with Crippen LogP contribution in [0.2, 0.25) is 0 Å². The summed E-state index contributed by atoms with van der Waals surface area (Å²) in [6.07, 6.45) is 2.38. The molecule has 1 aliphatic carbocycles. The fourth-order valence-electron chi connectivity index (χ4n) is 3.05. The van der Waals surface area contributed by atoms with Crippen molar-refractivity contribution >= 4 is 11.7 Å². The molecule has 0 radical (unpaired) electrons. The molecule has 3 rings (SSSR count). The van der Waals surface area contributed by atoms with Crippen LogP contribution in [0.25, 0.3) is 0 Å². The summed E-state index contributed by atoms with van der Waals surface area (Å²) in [4.78, 5) is 16.5. The first-order valence-electron chi connectivity index (χ1n) is 8.87. The van der Waals surface area contributed by atoms with E-state index >= 15 is 0 Å². The third-order valence-corrected chi connectivity index (χ3v) is 4.75. The predicted molar refractivity (Wildman–Crippen MR) is 103 cm³/mol. The third-order valence-electron chi connectivity index (χ3n) is 4.75. The Kier molecular flexibility index (Phi) is 5.27. The van der Waals surface area contributed by atoms with E-state index in [9.17, 15) is 4.79 Å². The van der Waals surface area contributed by atoms with Gasteiger partial charge in [0.15, 0.2) is 0 Å². The molecule has 1 fully saturated rings. The van der Waals surface area contributed by atoms with Gasteiger partial charge in [0, 0.05) is 33.4 Å². The second-order valence-corrected chi connectivity index (χ2v) is 7.09. The molecule has 0 spiro atoms. The van der Waals surface area contributed by atoms with Crippen LogP contribution in [-0.2, 0) is 6.54 Å². The number of anilines is 1. The molecular formula is C21H27N3O. The second kappa shape index (κ2) is 7.60. The van der Waals surface area contributed by atoms with Crippen molar-refractivity contribution in [1.82, 2.24) is 10.2 Å². The Labute approximate surface area is 150 Å². The van der Waals surface area contributed by atoms with Crippen molar-refractivity contribution in [3.63, 3.8) is 0 Å². The van der Waals surface area contributed by atoms with Gasteiger partial charge in [-0.1, -0.05) is 42.5 Å². The Bertz CT molecular complexity index is 693. The molecule has 25 heavy (non-hydrogen) atoms. The molecule has 1 unspecified atom stereocenters. The minimum Gasteiger partial charge on any atom is -0.378 e. The summed E-state index contributed by atoms with van der Waals surface area (Å²) in [5, 5.41) is 3.22. The van der Waals surface area contributed by atoms with Crippen LogP contribution in [0.1, 0.15) is 30.0 Å². The minimum atomic E-state index is -0.0163. The quantitative estimate of drug-likeness (QED) is 0.863. The van der Waals surface area contributed by atoms with E-state index < -0.39 is 0 Å². The van der Waals surface area contributed by atoms with E-state index in [0.717, 1.165) is 11.3 Å². The van der Waals surface area contributed by atoms with Gasteiger partial charge < -0.3 is 15.1 Å². The SMILES string of the molecule is CN(Cc1ccc(N(C)C)cc1)C(=O)NC(c1ccccc1)C1CC1. The highest BCUT2D eigenvalue weighted by Crippen LogP contribution is 2.41. The van der Waals surface area contributed by atoms with E-state index in [0.29, 0.717) is 12.5 Å². The summed E-state index contributed by atoms with van der Waals surface area (Å²) in [5.74, 6) is 0.569. The molecule has 2 amide bonds. The van der Waals surface area contributed by atoms with E-state index in [4.69, 9.17) is 0 Å². The van der Waals surface area contributed by atoms with Crippen molar-refractivity contribution < 1.29 is 4.79 Å². The van der Waals surface area contributed by atoms with Gasteiger partial charge in [0.1, 0.15) is 0 Å². The summed E-state index contributed by atoms with van der Waals surface area (Å²) in [7, 11) is 5.90. The normalized spacial score (nSPS) is 14.7. The third kappa shape index (κ3) is 4.53. The molecule has 0 saturated heterocycles. The smallest absolute Gasteiger partial charge is 0.317 e. The fourth-order valence-corrected chi connectivity index (χ4v) is 3.05. The van der Waals surface area contributed by atoms with Gasteiger partial charge in [-0.2, -0.15) is 0 Å². The minimum absolute atomic E-state index is 0.0163. The number of rotatable bonds is 6. The van der Waals surface area contributed by atoms with Gasteiger partial charge in [-0.3, -0.25) is 0 Å². The molecule has 1 N–H and O–H groups in total. The maximum atomic E-state index is 12.6. The van der Waals surface area contributed by atoms with Crippen LogP contribution in [0, 0.1) is 5.92 Å². The zero-order valence-electron chi connectivity index (χ0n) is 15.3. The molecule has 2 aromatic rings. The summed E-state index contributed by atoms with van der Waals surface area (Å²) < 4.78 is 0. The van der Waals surface area contributed by atoms with Crippen molar-refractivity contribution in [1.29, 1.82) is 0 Å². The van der Waals surface area contributed by atoms with Crippen LogP contribution in [0.5, 0.6) is 0 Å². The fraction of sp³-hybridized carbons (Fsp3) is 0.381. The summed E-state index contributed by atoms with van der Waals surface area (Å²) in [5.41, 5.74) is 3.49. The summed E-state index contributed by atoms with van der Waals surface area (Å²) in [6.45, 7) is 0.603.